The highest BCUT2D eigenvalue weighted by atomic mass is 16.2. The van der Waals surface area contributed by atoms with Gasteiger partial charge in [0.1, 0.15) is 0 Å². The minimum Gasteiger partial charge on any atom is -0.345 e. The average Bonchev–Trinajstić information content (AvgIpc) is 2.31. The molecule has 0 aliphatic rings. The van der Waals surface area contributed by atoms with Crippen LogP contribution in [0.2, 0.25) is 0 Å². The van der Waals surface area contributed by atoms with Gasteiger partial charge in [-0.2, -0.15) is 0 Å². The van der Waals surface area contributed by atoms with Gasteiger partial charge in [-0.15, -0.1) is 0 Å². The second kappa shape index (κ2) is 7.33. The first-order valence-corrected chi connectivity index (χ1v) is 8.59. The zero-order chi connectivity index (χ0) is 17.9. The summed E-state index contributed by atoms with van der Waals surface area (Å²) in [5.74, 6) is 0.252. The van der Waals surface area contributed by atoms with Crippen molar-refractivity contribution in [3.05, 3.63) is 0 Å². The largest absolute Gasteiger partial charge is 0.345 e. The Morgan fingerprint density at radius 1 is 0.955 bits per heavy atom. The molecular weight excluding hydrogens is 272 g/mol. The molecule has 3 heteroatoms. The summed E-state index contributed by atoms with van der Waals surface area (Å²) < 4.78 is 0. The lowest BCUT2D eigenvalue weighted by Crippen LogP contribution is -2.51. The van der Waals surface area contributed by atoms with Gasteiger partial charge in [0.25, 0.3) is 0 Å². The lowest BCUT2D eigenvalue weighted by atomic mass is 9.77. The number of hydrogen-bond donors (Lipinski definition) is 0. The third kappa shape index (κ3) is 6.68. The molecule has 3 nitrogen and oxygen atoms in total. The van der Waals surface area contributed by atoms with Crippen molar-refractivity contribution < 1.29 is 4.79 Å². The first-order valence-electron chi connectivity index (χ1n) is 8.59. The van der Waals surface area contributed by atoms with Gasteiger partial charge in [0.15, 0.2) is 0 Å². The first-order chi connectivity index (χ1) is 9.60. The van der Waals surface area contributed by atoms with Crippen molar-refractivity contribution in [3.63, 3.8) is 0 Å². The number of amides is 1. The van der Waals surface area contributed by atoms with Gasteiger partial charge in [0.2, 0.25) is 5.91 Å². The fourth-order valence-corrected chi connectivity index (χ4v) is 3.10. The number of rotatable bonds is 7. The highest BCUT2D eigenvalue weighted by Crippen LogP contribution is 2.34. The van der Waals surface area contributed by atoms with Crippen LogP contribution in [0.25, 0.3) is 0 Å². The molecule has 0 spiro atoms. The summed E-state index contributed by atoms with van der Waals surface area (Å²) in [4.78, 5) is 17.1. The third-order valence-electron chi connectivity index (χ3n) is 4.73. The summed E-state index contributed by atoms with van der Waals surface area (Å²) in [6.07, 6.45) is 1.88. The zero-order valence-electron chi connectivity index (χ0n) is 17.0. The normalized spacial score (nSPS) is 13.9. The van der Waals surface area contributed by atoms with E-state index in [2.05, 4.69) is 74.3 Å². The Labute approximate surface area is 139 Å². The van der Waals surface area contributed by atoms with E-state index in [-0.39, 0.29) is 22.3 Å². The highest BCUT2D eigenvalue weighted by Gasteiger charge is 2.38. The van der Waals surface area contributed by atoms with Gasteiger partial charge < -0.3 is 4.90 Å². The van der Waals surface area contributed by atoms with Crippen molar-refractivity contribution in [1.29, 1.82) is 0 Å². The number of hydrogen-bond acceptors (Lipinski definition) is 2. The Kier molecular flexibility index (Phi) is 7.14. The zero-order valence-corrected chi connectivity index (χ0v) is 17.0. The number of nitrogens with zero attached hydrogens (tertiary/aromatic N) is 2. The second-order valence-electron chi connectivity index (χ2n) is 9.62. The Morgan fingerprint density at radius 2 is 1.41 bits per heavy atom. The standard InChI is InChI=1S/C19H40N2O/c1-15(2)21(11)19(8,9)14-18(6,7)16(22)20(10)13-12-17(3,4)5/h15H,12-14H2,1-11H3. The molecule has 0 radical (unpaired) electrons. The molecule has 0 heterocycles. The predicted molar refractivity (Wildman–Crippen MR) is 97.1 cm³/mol. The summed E-state index contributed by atoms with van der Waals surface area (Å²) >= 11 is 0. The maximum absolute atomic E-state index is 12.9. The molecule has 0 rings (SSSR count). The van der Waals surface area contributed by atoms with Gasteiger partial charge in [0, 0.05) is 30.6 Å². The van der Waals surface area contributed by atoms with Crippen molar-refractivity contribution in [2.24, 2.45) is 10.8 Å². The molecule has 0 fully saturated rings. The molecule has 22 heavy (non-hydrogen) atoms. The van der Waals surface area contributed by atoms with Gasteiger partial charge in [-0.1, -0.05) is 34.6 Å². The quantitative estimate of drug-likeness (QED) is 0.695. The van der Waals surface area contributed by atoms with Gasteiger partial charge in [-0.25, -0.2) is 0 Å². The molecule has 0 atom stereocenters. The first kappa shape index (κ1) is 21.4. The fraction of sp³-hybridized carbons (Fsp3) is 0.947. The van der Waals surface area contributed by atoms with E-state index in [1.54, 1.807) is 0 Å². The van der Waals surface area contributed by atoms with E-state index in [1.165, 1.54) is 0 Å². The number of carbonyl (C=O) groups excluding carboxylic acids is 1. The van der Waals surface area contributed by atoms with Crippen LogP contribution >= 0.6 is 0 Å². The lowest BCUT2D eigenvalue weighted by molar-refractivity contribution is -0.141. The van der Waals surface area contributed by atoms with Crippen molar-refractivity contribution in [2.45, 2.75) is 86.7 Å². The topological polar surface area (TPSA) is 23.6 Å². The van der Waals surface area contributed by atoms with Gasteiger partial charge in [0.05, 0.1) is 0 Å². The highest BCUT2D eigenvalue weighted by molar-refractivity contribution is 5.81. The predicted octanol–water partition coefficient (Wildman–Crippen LogP) is 4.42. The molecule has 0 aliphatic heterocycles. The Hall–Kier alpha value is -0.570. The summed E-state index contributed by atoms with van der Waals surface area (Å²) in [6, 6.07) is 0.472. The smallest absolute Gasteiger partial charge is 0.228 e. The van der Waals surface area contributed by atoms with Crippen LogP contribution in [0.5, 0.6) is 0 Å². The van der Waals surface area contributed by atoms with E-state index in [0.717, 1.165) is 19.4 Å². The van der Waals surface area contributed by atoms with Crippen LogP contribution in [0.4, 0.5) is 0 Å². The van der Waals surface area contributed by atoms with Crippen molar-refractivity contribution >= 4 is 5.91 Å². The van der Waals surface area contributed by atoms with Crippen LogP contribution in [0.1, 0.15) is 75.2 Å². The molecule has 1 amide bonds. The lowest BCUT2D eigenvalue weighted by Gasteiger charge is -2.44. The SMILES string of the molecule is CC(C)N(C)C(C)(C)CC(C)(C)C(=O)N(C)CCC(C)(C)C. The summed E-state index contributed by atoms with van der Waals surface area (Å²) in [6.45, 7) is 20.5. The third-order valence-corrected chi connectivity index (χ3v) is 4.73. The summed E-state index contributed by atoms with van der Waals surface area (Å²) in [7, 11) is 4.09. The molecule has 0 saturated carbocycles. The van der Waals surface area contributed by atoms with Gasteiger partial charge >= 0.3 is 0 Å². The van der Waals surface area contributed by atoms with E-state index in [1.807, 2.05) is 11.9 Å². The molecular formula is C19H40N2O. The maximum atomic E-state index is 12.9. The minimum atomic E-state index is -0.348. The van der Waals surface area contributed by atoms with E-state index in [4.69, 9.17) is 0 Å². The average molecular weight is 313 g/mol. The molecule has 0 aliphatic carbocycles. The van der Waals surface area contributed by atoms with E-state index in [0.29, 0.717) is 6.04 Å². The van der Waals surface area contributed by atoms with Crippen LogP contribution in [0.15, 0.2) is 0 Å². The Bertz CT molecular complexity index is 364. The second-order valence-corrected chi connectivity index (χ2v) is 9.62. The monoisotopic (exact) mass is 312 g/mol. The Balaban J connectivity index is 4.88. The number of carbonyl (C=O) groups is 1. The van der Waals surface area contributed by atoms with Crippen LogP contribution in [-0.4, -0.2) is 47.9 Å². The minimum absolute atomic E-state index is 0.00179. The van der Waals surface area contributed by atoms with Crippen LogP contribution in [-0.2, 0) is 4.79 Å². The molecule has 0 unspecified atom stereocenters. The van der Waals surface area contributed by atoms with Gasteiger partial charge in [-0.3, -0.25) is 9.69 Å². The maximum Gasteiger partial charge on any atom is 0.228 e. The van der Waals surface area contributed by atoms with E-state index in [9.17, 15) is 4.79 Å². The van der Waals surface area contributed by atoms with Crippen LogP contribution < -0.4 is 0 Å². The molecule has 132 valence electrons. The Morgan fingerprint density at radius 3 is 1.77 bits per heavy atom. The molecule has 0 aromatic carbocycles. The summed E-state index contributed by atoms with van der Waals surface area (Å²) in [5.41, 5.74) is -0.0900. The molecule has 0 saturated heterocycles. The van der Waals surface area contributed by atoms with E-state index >= 15 is 0 Å². The molecule has 0 aromatic rings. The fourth-order valence-electron chi connectivity index (χ4n) is 3.10. The molecule has 0 bridgehead atoms. The van der Waals surface area contributed by atoms with Crippen LogP contribution in [0, 0.1) is 10.8 Å². The molecule has 0 N–H and O–H groups in total. The molecule has 0 aromatic heterocycles. The van der Waals surface area contributed by atoms with Crippen LogP contribution in [0.3, 0.4) is 0 Å². The van der Waals surface area contributed by atoms with E-state index < -0.39 is 0 Å². The van der Waals surface area contributed by atoms with Crippen molar-refractivity contribution in [1.82, 2.24) is 9.80 Å². The summed E-state index contributed by atoms with van der Waals surface area (Å²) in [5, 5.41) is 0. The van der Waals surface area contributed by atoms with Crippen molar-refractivity contribution in [3.8, 4) is 0 Å². The van der Waals surface area contributed by atoms with Gasteiger partial charge in [-0.05, 0) is 53.0 Å². The van der Waals surface area contributed by atoms with Crippen molar-refractivity contribution in [2.75, 3.05) is 20.6 Å².